The van der Waals surface area contributed by atoms with Crippen molar-refractivity contribution in [3.8, 4) is 0 Å². The average Bonchev–Trinajstić information content (AvgIpc) is 2.65. The van der Waals surface area contributed by atoms with Crippen molar-refractivity contribution in [2.75, 3.05) is 0 Å². The van der Waals surface area contributed by atoms with Crippen LogP contribution in [0.2, 0.25) is 0 Å². The molecule has 0 fully saturated rings. The van der Waals surface area contributed by atoms with E-state index in [-0.39, 0.29) is 0 Å². The maximum atomic E-state index is 9.98. The molecule has 0 aliphatic rings. The van der Waals surface area contributed by atoms with Gasteiger partial charge in [-0.25, -0.2) is 4.98 Å². The molecule has 0 amide bonds. The second-order valence-corrected chi connectivity index (χ2v) is 4.49. The molecule has 0 spiro atoms. The van der Waals surface area contributed by atoms with Crippen LogP contribution in [-0.4, -0.2) is 19.6 Å². The van der Waals surface area contributed by atoms with Crippen LogP contribution in [0.5, 0.6) is 0 Å². The minimum absolute atomic E-state index is 0.470. The predicted octanol–water partition coefficient (Wildman–Crippen LogP) is 1.85. The van der Waals surface area contributed by atoms with Gasteiger partial charge in [0.05, 0.1) is 5.69 Å². The number of pyridine rings is 1. The molecule has 2 heterocycles. The standard InChI is InChI=1S/C11H12BrN3O/c1-15-5-4-13-11(15)6-10(16)9-3-2-8(12)7-14-9/h2-5,7,10,16H,6H2,1H3. The van der Waals surface area contributed by atoms with Crippen LogP contribution in [0, 0.1) is 0 Å². The molecule has 1 atom stereocenters. The first-order valence-electron chi connectivity index (χ1n) is 4.92. The van der Waals surface area contributed by atoms with Crippen molar-refractivity contribution in [1.82, 2.24) is 14.5 Å². The van der Waals surface area contributed by atoms with Gasteiger partial charge >= 0.3 is 0 Å². The van der Waals surface area contributed by atoms with Crippen LogP contribution in [0.3, 0.4) is 0 Å². The van der Waals surface area contributed by atoms with Crippen molar-refractivity contribution < 1.29 is 5.11 Å². The van der Waals surface area contributed by atoms with Gasteiger partial charge in [0.25, 0.3) is 0 Å². The Morgan fingerprint density at radius 2 is 2.25 bits per heavy atom. The first-order valence-corrected chi connectivity index (χ1v) is 5.72. The quantitative estimate of drug-likeness (QED) is 0.934. The maximum Gasteiger partial charge on any atom is 0.111 e. The molecule has 0 aliphatic heterocycles. The molecule has 5 heteroatoms. The van der Waals surface area contributed by atoms with Crippen molar-refractivity contribution in [1.29, 1.82) is 0 Å². The average molecular weight is 282 g/mol. The minimum Gasteiger partial charge on any atom is -0.386 e. The largest absolute Gasteiger partial charge is 0.386 e. The highest BCUT2D eigenvalue weighted by atomic mass is 79.9. The Morgan fingerprint density at radius 3 is 2.81 bits per heavy atom. The second-order valence-electron chi connectivity index (χ2n) is 3.58. The molecule has 2 rings (SSSR count). The molecule has 0 radical (unpaired) electrons. The third-order valence-corrected chi connectivity index (χ3v) is 2.86. The molecule has 0 saturated carbocycles. The SMILES string of the molecule is Cn1ccnc1CC(O)c1ccc(Br)cn1. The molecule has 0 aliphatic carbocycles. The Hall–Kier alpha value is -1.20. The summed E-state index contributed by atoms with van der Waals surface area (Å²) >= 11 is 3.31. The first-order chi connectivity index (χ1) is 7.66. The van der Waals surface area contributed by atoms with Gasteiger partial charge in [-0.15, -0.1) is 0 Å². The zero-order valence-corrected chi connectivity index (χ0v) is 10.4. The molecular formula is C11H12BrN3O. The Balaban J connectivity index is 2.11. The lowest BCUT2D eigenvalue weighted by Gasteiger charge is -2.09. The van der Waals surface area contributed by atoms with Gasteiger partial charge in [0.2, 0.25) is 0 Å². The van der Waals surface area contributed by atoms with E-state index in [0.29, 0.717) is 12.1 Å². The van der Waals surface area contributed by atoms with Crippen LogP contribution in [0.15, 0.2) is 35.2 Å². The molecule has 2 aromatic rings. The Kier molecular flexibility index (Phi) is 3.36. The molecule has 4 nitrogen and oxygen atoms in total. The summed E-state index contributed by atoms with van der Waals surface area (Å²) in [7, 11) is 1.91. The summed E-state index contributed by atoms with van der Waals surface area (Å²) in [6.45, 7) is 0. The van der Waals surface area contributed by atoms with Crippen molar-refractivity contribution in [2.45, 2.75) is 12.5 Å². The lowest BCUT2D eigenvalue weighted by atomic mass is 10.1. The third kappa shape index (κ3) is 2.48. The Morgan fingerprint density at radius 1 is 1.44 bits per heavy atom. The molecule has 2 aromatic heterocycles. The van der Waals surface area contributed by atoms with E-state index < -0.39 is 6.10 Å². The van der Waals surface area contributed by atoms with E-state index >= 15 is 0 Å². The van der Waals surface area contributed by atoms with Gasteiger partial charge in [-0.3, -0.25) is 4.98 Å². The smallest absolute Gasteiger partial charge is 0.111 e. The number of aryl methyl sites for hydroxylation is 1. The summed E-state index contributed by atoms with van der Waals surface area (Å²) in [5.74, 6) is 0.845. The van der Waals surface area contributed by atoms with Crippen molar-refractivity contribution in [3.05, 3.63) is 46.7 Å². The van der Waals surface area contributed by atoms with Crippen molar-refractivity contribution in [3.63, 3.8) is 0 Å². The highest BCUT2D eigenvalue weighted by molar-refractivity contribution is 9.10. The zero-order valence-electron chi connectivity index (χ0n) is 8.84. The minimum atomic E-state index is -0.616. The molecule has 84 valence electrons. The number of nitrogens with zero attached hydrogens (tertiary/aromatic N) is 3. The van der Waals surface area contributed by atoms with E-state index in [2.05, 4.69) is 25.9 Å². The normalized spacial score (nSPS) is 12.7. The Bertz CT molecular complexity index is 466. The van der Waals surface area contributed by atoms with Gasteiger partial charge in [0.1, 0.15) is 11.9 Å². The molecule has 1 N–H and O–H groups in total. The highest BCUT2D eigenvalue weighted by Crippen LogP contribution is 2.17. The van der Waals surface area contributed by atoms with Crippen LogP contribution >= 0.6 is 15.9 Å². The van der Waals surface area contributed by atoms with Crippen LogP contribution in [0.1, 0.15) is 17.6 Å². The van der Waals surface area contributed by atoms with Gasteiger partial charge in [0.15, 0.2) is 0 Å². The molecule has 0 bridgehead atoms. The summed E-state index contributed by atoms with van der Waals surface area (Å²) in [5.41, 5.74) is 0.659. The van der Waals surface area contributed by atoms with Gasteiger partial charge in [-0.05, 0) is 28.1 Å². The predicted molar refractivity (Wildman–Crippen MR) is 63.8 cm³/mol. The van der Waals surface area contributed by atoms with Gasteiger partial charge in [-0.2, -0.15) is 0 Å². The van der Waals surface area contributed by atoms with E-state index in [9.17, 15) is 5.11 Å². The number of imidazole rings is 1. The summed E-state index contributed by atoms with van der Waals surface area (Å²) < 4.78 is 2.79. The molecule has 1 unspecified atom stereocenters. The fourth-order valence-corrected chi connectivity index (χ4v) is 1.69. The number of aromatic nitrogens is 3. The lowest BCUT2D eigenvalue weighted by molar-refractivity contribution is 0.170. The molecule has 0 saturated heterocycles. The van der Waals surface area contributed by atoms with Gasteiger partial charge in [-0.1, -0.05) is 0 Å². The van der Waals surface area contributed by atoms with Crippen LogP contribution < -0.4 is 0 Å². The van der Waals surface area contributed by atoms with E-state index in [1.54, 1.807) is 18.5 Å². The van der Waals surface area contributed by atoms with Crippen molar-refractivity contribution >= 4 is 15.9 Å². The van der Waals surface area contributed by atoms with Crippen molar-refractivity contribution in [2.24, 2.45) is 7.05 Å². The van der Waals surface area contributed by atoms with Crippen LogP contribution in [-0.2, 0) is 13.5 Å². The van der Waals surface area contributed by atoms with Gasteiger partial charge < -0.3 is 9.67 Å². The number of aliphatic hydroxyl groups excluding tert-OH is 1. The highest BCUT2D eigenvalue weighted by Gasteiger charge is 2.12. The van der Waals surface area contributed by atoms with Gasteiger partial charge in [0, 0.05) is 36.5 Å². The van der Waals surface area contributed by atoms with E-state index in [1.165, 1.54) is 0 Å². The first kappa shape index (κ1) is 11.3. The topological polar surface area (TPSA) is 50.9 Å². The van der Waals surface area contributed by atoms with Crippen LogP contribution in [0.25, 0.3) is 0 Å². The molecule has 16 heavy (non-hydrogen) atoms. The second kappa shape index (κ2) is 4.76. The summed E-state index contributed by atoms with van der Waals surface area (Å²) in [4.78, 5) is 8.32. The Labute approximate surface area is 102 Å². The summed E-state index contributed by atoms with van der Waals surface area (Å²) in [6.07, 6.45) is 5.11. The molecule has 0 aromatic carbocycles. The van der Waals surface area contributed by atoms with E-state index in [1.807, 2.05) is 23.9 Å². The zero-order chi connectivity index (χ0) is 11.5. The summed E-state index contributed by atoms with van der Waals surface area (Å²) in [6, 6.07) is 3.67. The van der Waals surface area contributed by atoms with E-state index in [0.717, 1.165) is 10.3 Å². The monoisotopic (exact) mass is 281 g/mol. The molecular weight excluding hydrogens is 270 g/mol. The number of hydrogen-bond acceptors (Lipinski definition) is 3. The van der Waals surface area contributed by atoms with E-state index in [4.69, 9.17) is 0 Å². The lowest BCUT2D eigenvalue weighted by Crippen LogP contribution is -2.08. The van der Waals surface area contributed by atoms with Crippen LogP contribution in [0.4, 0.5) is 0 Å². The third-order valence-electron chi connectivity index (χ3n) is 2.39. The number of rotatable bonds is 3. The summed E-state index contributed by atoms with van der Waals surface area (Å²) in [5, 5.41) is 9.98. The number of hydrogen-bond donors (Lipinski definition) is 1. The number of aliphatic hydroxyl groups is 1. The maximum absolute atomic E-state index is 9.98. The fraction of sp³-hybridized carbons (Fsp3) is 0.273. The number of halogens is 1. The fourth-order valence-electron chi connectivity index (χ4n) is 1.46.